The molecule has 0 saturated carbocycles. The van der Waals surface area contributed by atoms with Crippen LogP contribution in [0, 0.1) is 0 Å². The van der Waals surface area contributed by atoms with Crippen molar-refractivity contribution in [3.63, 3.8) is 0 Å². The average Bonchev–Trinajstić information content (AvgIpc) is 3.10. The number of rotatable bonds is 4. The number of hydrogen-bond donors (Lipinski definition) is 1. The van der Waals surface area contributed by atoms with Crippen LogP contribution in [0.5, 0.6) is 11.5 Å². The Kier molecular flexibility index (Phi) is 4.22. The SMILES string of the molecule is COc1ccc(-c2cccc(-c3nc4ccc(Cl)cc4[nH]3)n2)cc1OC. The number of halogens is 1. The molecular formula is C20H16ClN3O2. The smallest absolute Gasteiger partial charge is 0.161 e. The topological polar surface area (TPSA) is 60.0 Å². The van der Waals surface area contributed by atoms with Gasteiger partial charge in [-0.25, -0.2) is 9.97 Å². The van der Waals surface area contributed by atoms with Crippen LogP contribution >= 0.6 is 11.6 Å². The highest BCUT2D eigenvalue weighted by atomic mass is 35.5. The van der Waals surface area contributed by atoms with Gasteiger partial charge in [0.1, 0.15) is 5.69 Å². The van der Waals surface area contributed by atoms with Crippen LogP contribution in [0.25, 0.3) is 33.8 Å². The van der Waals surface area contributed by atoms with Gasteiger partial charge in [0.2, 0.25) is 0 Å². The van der Waals surface area contributed by atoms with Gasteiger partial charge in [0.05, 0.1) is 30.9 Å². The molecule has 0 unspecified atom stereocenters. The molecule has 1 N–H and O–H groups in total. The Morgan fingerprint density at radius 2 is 1.65 bits per heavy atom. The molecule has 0 aliphatic rings. The number of nitrogens with zero attached hydrogens (tertiary/aromatic N) is 2. The zero-order chi connectivity index (χ0) is 18.1. The third-order valence-electron chi connectivity index (χ3n) is 4.11. The number of ether oxygens (including phenoxy) is 2. The van der Waals surface area contributed by atoms with Crippen molar-refractivity contribution in [2.24, 2.45) is 0 Å². The Balaban J connectivity index is 1.76. The zero-order valence-corrected chi connectivity index (χ0v) is 15.0. The molecule has 2 aromatic heterocycles. The van der Waals surface area contributed by atoms with Crippen LogP contribution in [0.2, 0.25) is 5.02 Å². The Labute approximate surface area is 155 Å². The molecule has 6 heteroatoms. The second-order valence-corrected chi connectivity index (χ2v) is 6.16. The molecule has 130 valence electrons. The molecule has 26 heavy (non-hydrogen) atoms. The first-order chi connectivity index (χ1) is 12.7. The van der Waals surface area contributed by atoms with Crippen LogP contribution < -0.4 is 9.47 Å². The Bertz CT molecular complexity index is 1090. The van der Waals surface area contributed by atoms with Crippen molar-refractivity contribution in [3.05, 3.63) is 59.6 Å². The highest BCUT2D eigenvalue weighted by molar-refractivity contribution is 6.31. The van der Waals surface area contributed by atoms with Crippen LogP contribution in [-0.4, -0.2) is 29.2 Å². The number of imidazole rings is 1. The number of methoxy groups -OCH3 is 2. The maximum Gasteiger partial charge on any atom is 0.161 e. The minimum Gasteiger partial charge on any atom is -0.493 e. The predicted octanol–water partition coefficient (Wildman–Crippen LogP) is 4.96. The van der Waals surface area contributed by atoms with E-state index in [1.54, 1.807) is 14.2 Å². The van der Waals surface area contributed by atoms with Gasteiger partial charge in [0, 0.05) is 10.6 Å². The zero-order valence-electron chi connectivity index (χ0n) is 14.3. The third kappa shape index (κ3) is 2.97. The fraction of sp³-hybridized carbons (Fsp3) is 0.100. The summed E-state index contributed by atoms with van der Waals surface area (Å²) in [6.45, 7) is 0. The molecule has 0 spiro atoms. The largest absolute Gasteiger partial charge is 0.493 e. The van der Waals surface area contributed by atoms with Gasteiger partial charge in [0.15, 0.2) is 17.3 Å². The van der Waals surface area contributed by atoms with E-state index in [4.69, 9.17) is 26.1 Å². The maximum absolute atomic E-state index is 6.05. The van der Waals surface area contributed by atoms with Gasteiger partial charge in [-0.15, -0.1) is 0 Å². The number of nitrogens with one attached hydrogen (secondary N) is 1. The Hall–Kier alpha value is -3.05. The molecule has 0 amide bonds. The van der Waals surface area contributed by atoms with Crippen molar-refractivity contribution in [1.82, 2.24) is 15.0 Å². The van der Waals surface area contributed by atoms with E-state index < -0.39 is 0 Å². The van der Waals surface area contributed by atoms with Crippen molar-refractivity contribution in [3.8, 4) is 34.3 Å². The van der Waals surface area contributed by atoms with Crippen molar-refractivity contribution >= 4 is 22.6 Å². The van der Waals surface area contributed by atoms with E-state index >= 15 is 0 Å². The van der Waals surface area contributed by atoms with Gasteiger partial charge in [0.25, 0.3) is 0 Å². The first-order valence-electron chi connectivity index (χ1n) is 8.03. The van der Waals surface area contributed by atoms with Crippen LogP contribution in [-0.2, 0) is 0 Å². The van der Waals surface area contributed by atoms with Gasteiger partial charge < -0.3 is 14.5 Å². The first kappa shape index (κ1) is 16.4. The molecule has 0 aliphatic carbocycles. The lowest BCUT2D eigenvalue weighted by molar-refractivity contribution is 0.355. The van der Waals surface area contributed by atoms with Crippen molar-refractivity contribution in [1.29, 1.82) is 0 Å². The summed E-state index contributed by atoms with van der Waals surface area (Å²) >= 11 is 6.05. The predicted molar refractivity (Wildman–Crippen MR) is 103 cm³/mol. The molecule has 0 atom stereocenters. The van der Waals surface area contributed by atoms with E-state index in [0.717, 1.165) is 28.0 Å². The summed E-state index contributed by atoms with van der Waals surface area (Å²) in [6, 6.07) is 17.1. The monoisotopic (exact) mass is 365 g/mol. The lowest BCUT2D eigenvalue weighted by Gasteiger charge is -2.09. The molecular weight excluding hydrogens is 350 g/mol. The van der Waals surface area contributed by atoms with Gasteiger partial charge >= 0.3 is 0 Å². The Morgan fingerprint density at radius 1 is 0.846 bits per heavy atom. The Morgan fingerprint density at radius 3 is 2.46 bits per heavy atom. The van der Waals surface area contributed by atoms with Gasteiger partial charge in [-0.2, -0.15) is 0 Å². The molecule has 4 rings (SSSR count). The molecule has 0 saturated heterocycles. The van der Waals surface area contributed by atoms with E-state index in [-0.39, 0.29) is 0 Å². The van der Waals surface area contributed by atoms with E-state index in [1.165, 1.54) is 0 Å². The number of benzene rings is 2. The van der Waals surface area contributed by atoms with Crippen molar-refractivity contribution in [2.75, 3.05) is 14.2 Å². The van der Waals surface area contributed by atoms with Gasteiger partial charge in [-0.05, 0) is 48.5 Å². The fourth-order valence-electron chi connectivity index (χ4n) is 2.83. The molecule has 4 aromatic rings. The molecule has 5 nitrogen and oxygen atoms in total. The highest BCUT2D eigenvalue weighted by Gasteiger charge is 2.11. The number of pyridine rings is 1. The van der Waals surface area contributed by atoms with Crippen LogP contribution in [0.1, 0.15) is 0 Å². The quantitative estimate of drug-likeness (QED) is 0.555. The minimum absolute atomic E-state index is 0.663. The number of aromatic amines is 1. The summed E-state index contributed by atoms with van der Waals surface area (Å²) in [7, 11) is 3.23. The summed E-state index contributed by atoms with van der Waals surface area (Å²) in [5.74, 6) is 2.04. The normalized spacial score (nSPS) is 10.9. The second kappa shape index (κ2) is 6.69. The fourth-order valence-corrected chi connectivity index (χ4v) is 3.00. The van der Waals surface area contributed by atoms with Crippen molar-refractivity contribution < 1.29 is 9.47 Å². The number of aromatic nitrogens is 3. The van der Waals surface area contributed by atoms with Crippen LogP contribution in [0.15, 0.2) is 54.6 Å². The van der Waals surface area contributed by atoms with E-state index in [9.17, 15) is 0 Å². The van der Waals surface area contributed by atoms with E-state index in [2.05, 4.69) is 9.97 Å². The van der Waals surface area contributed by atoms with Gasteiger partial charge in [-0.3, -0.25) is 0 Å². The standard InChI is InChI=1S/C20H16ClN3O2/c1-25-18-9-6-12(10-19(18)26-2)14-4-3-5-16(22-14)20-23-15-8-7-13(21)11-17(15)24-20/h3-11H,1-2H3,(H,23,24). The third-order valence-corrected chi connectivity index (χ3v) is 4.35. The number of fused-ring (bicyclic) bond motifs is 1. The molecule has 2 heterocycles. The average molecular weight is 366 g/mol. The van der Waals surface area contributed by atoms with Gasteiger partial charge in [-0.1, -0.05) is 17.7 Å². The first-order valence-corrected chi connectivity index (χ1v) is 8.41. The highest BCUT2D eigenvalue weighted by Crippen LogP contribution is 2.32. The van der Waals surface area contributed by atoms with E-state index in [0.29, 0.717) is 22.3 Å². The van der Waals surface area contributed by atoms with Crippen LogP contribution in [0.3, 0.4) is 0 Å². The number of hydrogen-bond acceptors (Lipinski definition) is 4. The van der Waals surface area contributed by atoms with Crippen LogP contribution in [0.4, 0.5) is 0 Å². The number of H-pyrrole nitrogens is 1. The lowest BCUT2D eigenvalue weighted by atomic mass is 10.1. The summed E-state index contributed by atoms with van der Waals surface area (Å²) in [5.41, 5.74) is 4.24. The summed E-state index contributed by atoms with van der Waals surface area (Å²) in [5, 5.41) is 0.666. The second-order valence-electron chi connectivity index (χ2n) is 5.72. The molecule has 0 aliphatic heterocycles. The summed E-state index contributed by atoms with van der Waals surface area (Å²) < 4.78 is 10.7. The molecule has 0 bridgehead atoms. The van der Waals surface area contributed by atoms with E-state index in [1.807, 2.05) is 54.6 Å². The molecule has 0 fully saturated rings. The maximum atomic E-state index is 6.05. The minimum atomic E-state index is 0.663. The molecule has 0 radical (unpaired) electrons. The summed E-state index contributed by atoms with van der Waals surface area (Å²) in [6.07, 6.45) is 0. The van der Waals surface area contributed by atoms with Crippen molar-refractivity contribution in [2.45, 2.75) is 0 Å². The molecule has 2 aromatic carbocycles. The lowest BCUT2D eigenvalue weighted by Crippen LogP contribution is -1.93. The summed E-state index contributed by atoms with van der Waals surface area (Å²) in [4.78, 5) is 12.6.